The Morgan fingerprint density at radius 2 is 1.83 bits per heavy atom. The van der Waals surface area contributed by atoms with Gasteiger partial charge in [-0.1, -0.05) is 40.2 Å². The number of rotatable bonds is 2. The zero-order valence-electron chi connectivity index (χ0n) is 15.8. The van der Waals surface area contributed by atoms with E-state index in [4.69, 9.17) is 0 Å². The lowest BCUT2D eigenvalue weighted by atomic mass is 9.97. The highest BCUT2D eigenvalue weighted by molar-refractivity contribution is 9.10. The number of H-pyrrole nitrogens is 1. The maximum atomic E-state index is 14.6. The molecule has 1 heterocycles. The standard InChI is InChI=1S/C24H13BrFN3O/c1-12(30)13-5-7-16-18(9-13)19-10-15(25)6-8-17(19)23-22(16)28-24(29-23)21-14(11-27)3-2-4-20(21)26/h2-10H,1H3,(H,28,29). The van der Waals surface area contributed by atoms with E-state index in [9.17, 15) is 14.4 Å². The third-order valence-electron chi connectivity index (χ3n) is 5.30. The number of nitriles is 1. The average molecular weight is 458 g/mol. The van der Waals surface area contributed by atoms with Crippen molar-refractivity contribution in [2.24, 2.45) is 0 Å². The van der Waals surface area contributed by atoms with Crippen LogP contribution in [0.15, 0.2) is 59.1 Å². The monoisotopic (exact) mass is 457 g/mol. The van der Waals surface area contributed by atoms with E-state index in [2.05, 4.69) is 25.9 Å². The maximum Gasteiger partial charge on any atom is 0.159 e. The first-order valence-electron chi connectivity index (χ1n) is 9.22. The first kappa shape index (κ1) is 18.5. The third kappa shape index (κ3) is 2.71. The molecule has 0 saturated heterocycles. The van der Waals surface area contributed by atoms with E-state index in [0.717, 1.165) is 31.5 Å². The van der Waals surface area contributed by atoms with Crippen molar-refractivity contribution in [2.75, 3.05) is 0 Å². The van der Waals surface area contributed by atoms with Crippen LogP contribution in [0, 0.1) is 17.1 Å². The van der Waals surface area contributed by atoms with Crippen molar-refractivity contribution in [1.29, 1.82) is 5.26 Å². The van der Waals surface area contributed by atoms with Gasteiger partial charge in [0.2, 0.25) is 0 Å². The minimum Gasteiger partial charge on any atom is -0.337 e. The van der Waals surface area contributed by atoms with E-state index < -0.39 is 5.82 Å². The number of fused-ring (bicyclic) bond motifs is 6. The number of nitrogens with zero attached hydrogens (tertiary/aromatic N) is 2. The molecule has 30 heavy (non-hydrogen) atoms. The Morgan fingerprint density at radius 3 is 2.60 bits per heavy atom. The van der Waals surface area contributed by atoms with Crippen molar-refractivity contribution in [3.63, 3.8) is 0 Å². The number of hydrogen-bond donors (Lipinski definition) is 1. The van der Waals surface area contributed by atoms with Crippen molar-refractivity contribution in [3.05, 3.63) is 76.0 Å². The highest BCUT2D eigenvalue weighted by atomic mass is 79.9. The highest BCUT2D eigenvalue weighted by Crippen LogP contribution is 2.37. The van der Waals surface area contributed by atoms with E-state index in [1.807, 2.05) is 36.4 Å². The molecule has 0 radical (unpaired) electrons. The summed E-state index contributed by atoms with van der Waals surface area (Å²) in [5.41, 5.74) is 2.39. The predicted octanol–water partition coefficient (Wildman–Crippen LogP) is 6.51. The first-order valence-corrected chi connectivity index (χ1v) is 10.0. The van der Waals surface area contributed by atoms with Gasteiger partial charge in [-0.3, -0.25) is 4.79 Å². The van der Waals surface area contributed by atoms with Crippen LogP contribution in [0.3, 0.4) is 0 Å². The summed E-state index contributed by atoms with van der Waals surface area (Å²) in [4.78, 5) is 19.9. The Hall–Kier alpha value is -3.56. The summed E-state index contributed by atoms with van der Waals surface area (Å²) in [7, 11) is 0. The Balaban J connectivity index is 1.96. The number of carbonyl (C=O) groups excluding carboxylic acids is 1. The van der Waals surface area contributed by atoms with Crippen LogP contribution in [0.4, 0.5) is 4.39 Å². The minimum atomic E-state index is -0.511. The second-order valence-corrected chi connectivity index (χ2v) is 8.01. The third-order valence-corrected chi connectivity index (χ3v) is 5.79. The molecule has 5 rings (SSSR count). The number of aromatic amines is 1. The van der Waals surface area contributed by atoms with Crippen LogP contribution in [0.5, 0.6) is 0 Å². The van der Waals surface area contributed by atoms with Crippen molar-refractivity contribution in [1.82, 2.24) is 9.97 Å². The fourth-order valence-electron chi connectivity index (χ4n) is 3.89. The minimum absolute atomic E-state index is 0.0205. The lowest BCUT2D eigenvalue weighted by molar-refractivity contribution is 0.101. The molecule has 0 atom stereocenters. The zero-order valence-corrected chi connectivity index (χ0v) is 17.3. The van der Waals surface area contributed by atoms with Gasteiger partial charge in [0.15, 0.2) is 5.78 Å². The van der Waals surface area contributed by atoms with E-state index in [1.54, 1.807) is 12.1 Å². The van der Waals surface area contributed by atoms with Gasteiger partial charge in [-0.05, 0) is 48.0 Å². The molecule has 1 aromatic heterocycles. The molecule has 0 unspecified atom stereocenters. The molecule has 0 aliphatic heterocycles. The fourth-order valence-corrected chi connectivity index (χ4v) is 4.25. The Kier molecular flexibility index (Phi) is 4.16. The van der Waals surface area contributed by atoms with Crippen molar-refractivity contribution < 1.29 is 9.18 Å². The first-order chi connectivity index (χ1) is 14.5. The molecule has 0 amide bonds. The molecule has 0 spiro atoms. The molecule has 4 nitrogen and oxygen atoms in total. The van der Waals surface area contributed by atoms with Crippen LogP contribution >= 0.6 is 15.9 Å². The number of imidazole rings is 1. The number of aromatic nitrogens is 2. The van der Waals surface area contributed by atoms with Crippen LogP contribution in [-0.4, -0.2) is 15.8 Å². The fraction of sp³-hybridized carbons (Fsp3) is 0.0417. The number of carbonyl (C=O) groups is 1. The van der Waals surface area contributed by atoms with Gasteiger partial charge >= 0.3 is 0 Å². The summed E-state index contributed by atoms with van der Waals surface area (Å²) < 4.78 is 15.5. The summed E-state index contributed by atoms with van der Waals surface area (Å²) >= 11 is 3.52. The summed E-state index contributed by atoms with van der Waals surface area (Å²) in [6.45, 7) is 1.53. The number of nitrogens with one attached hydrogen (secondary N) is 1. The summed E-state index contributed by atoms with van der Waals surface area (Å²) in [5.74, 6) is -0.233. The number of benzene rings is 4. The zero-order chi connectivity index (χ0) is 21.0. The maximum absolute atomic E-state index is 14.6. The predicted molar refractivity (Wildman–Crippen MR) is 119 cm³/mol. The van der Waals surface area contributed by atoms with E-state index in [0.29, 0.717) is 16.9 Å². The van der Waals surface area contributed by atoms with Crippen molar-refractivity contribution in [3.8, 4) is 17.5 Å². The molecular formula is C24H13BrFN3O. The van der Waals surface area contributed by atoms with Gasteiger partial charge in [0, 0.05) is 20.8 Å². The molecule has 4 aromatic carbocycles. The van der Waals surface area contributed by atoms with Gasteiger partial charge < -0.3 is 4.98 Å². The Bertz CT molecular complexity index is 1560. The SMILES string of the molecule is CC(=O)c1ccc2c(c1)c1cc(Br)ccc1c1[nH]c(-c3c(F)cccc3C#N)nc21. The molecule has 0 saturated carbocycles. The van der Waals surface area contributed by atoms with E-state index in [-0.39, 0.29) is 16.9 Å². The highest BCUT2D eigenvalue weighted by Gasteiger charge is 2.19. The van der Waals surface area contributed by atoms with Gasteiger partial charge in [0.25, 0.3) is 0 Å². The van der Waals surface area contributed by atoms with Crippen LogP contribution in [0.1, 0.15) is 22.8 Å². The number of Topliss-reactive ketones (excluding diaryl/α,β-unsaturated/α-hetero) is 1. The van der Waals surface area contributed by atoms with Gasteiger partial charge in [0.05, 0.1) is 28.2 Å². The number of hydrogen-bond acceptors (Lipinski definition) is 3. The Morgan fingerprint density at radius 1 is 1.07 bits per heavy atom. The normalized spacial score (nSPS) is 11.3. The summed E-state index contributed by atoms with van der Waals surface area (Å²) in [6, 6.07) is 17.8. The van der Waals surface area contributed by atoms with Crippen LogP contribution in [0.2, 0.25) is 0 Å². The van der Waals surface area contributed by atoms with E-state index in [1.165, 1.54) is 19.1 Å². The summed E-state index contributed by atoms with van der Waals surface area (Å²) in [6.07, 6.45) is 0. The van der Waals surface area contributed by atoms with Gasteiger partial charge in [-0.2, -0.15) is 5.26 Å². The number of ketones is 1. The van der Waals surface area contributed by atoms with Crippen molar-refractivity contribution in [2.45, 2.75) is 6.92 Å². The van der Waals surface area contributed by atoms with Crippen LogP contribution < -0.4 is 0 Å². The lowest BCUT2D eigenvalue weighted by Gasteiger charge is -2.08. The quantitative estimate of drug-likeness (QED) is 0.242. The van der Waals surface area contributed by atoms with Gasteiger partial charge in [-0.15, -0.1) is 0 Å². The molecule has 1 N–H and O–H groups in total. The molecule has 6 heteroatoms. The lowest BCUT2D eigenvalue weighted by Crippen LogP contribution is -1.92. The molecular weight excluding hydrogens is 445 g/mol. The smallest absolute Gasteiger partial charge is 0.159 e. The Labute approximate surface area is 179 Å². The van der Waals surface area contributed by atoms with Gasteiger partial charge in [-0.25, -0.2) is 9.37 Å². The van der Waals surface area contributed by atoms with Gasteiger partial charge in [0.1, 0.15) is 11.6 Å². The van der Waals surface area contributed by atoms with E-state index >= 15 is 0 Å². The average Bonchev–Trinajstić information content (AvgIpc) is 3.18. The van der Waals surface area contributed by atoms with Crippen LogP contribution in [-0.2, 0) is 0 Å². The molecule has 0 fully saturated rings. The molecule has 0 aliphatic carbocycles. The molecule has 0 aliphatic rings. The van der Waals surface area contributed by atoms with Crippen LogP contribution in [0.25, 0.3) is 44.0 Å². The van der Waals surface area contributed by atoms with Crippen molar-refractivity contribution >= 4 is 54.3 Å². The second-order valence-electron chi connectivity index (χ2n) is 7.09. The molecule has 0 bridgehead atoms. The second kappa shape index (κ2) is 6.75. The molecule has 144 valence electrons. The summed E-state index contributed by atoms with van der Waals surface area (Å²) in [5, 5.41) is 13.0. The molecule has 5 aromatic rings. The number of halogens is 2. The topological polar surface area (TPSA) is 69.5 Å². The largest absolute Gasteiger partial charge is 0.337 e.